The number of benzene rings is 3. The van der Waals surface area contributed by atoms with E-state index in [-0.39, 0.29) is 0 Å². The molecule has 0 unspecified atom stereocenters. The number of amidine groups is 1. The van der Waals surface area contributed by atoms with E-state index in [0.29, 0.717) is 5.02 Å². The van der Waals surface area contributed by atoms with Gasteiger partial charge in [-0.05, 0) is 36.8 Å². The van der Waals surface area contributed by atoms with Crippen LogP contribution in [-0.4, -0.2) is 36.9 Å². The molecule has 1 aliphatic rings. The molecule has 0 atom stereocenters. The highest BCUT2D eigenvalue weighted by atomic mass is 35.5. The zero-order chi connectivity index (χ0) is 20.2. The topological polar surface area (TPSA) is 18.8 Å². The highest BCUT2D eigenvalue weighted by Crippen LogP contribution is 2.27. The van der Waals surface area contributed by atoms with E-state index < -0.39 is 0 Å². The van der Waals surface area contributed by atoms with Gasteiger partial charge in [0.1, 0.15) is 5.84 Å². The fraction of sp³-hybridized carbons (Fsp3) is 0.208. The third-order valence-corrected chi connectivity index (χ3v) is 5.94. The minimum Gasteiger partial charge on any atom is -0.368 e. The van der Waals surface area contributed by atoms with Gasteiger partial charge in [0, 0.05) is 42.5 Å². The number of piperazine rings is 1. The Kier molecular flexibility index (Phi) is 6.08. The highest BCUT2D eigenvalue weighted by Gasteiger charge is 2.22. The average molecular weight is 424 g/mol. The first-order valence-corrected chi connectivity index (χ1v) is 10.5. The minimum absolute atomic E-state index is 0.661. The van der Waals surface area contributed by atoms with Gasteiger partial charge in [0.25, 0.3) is 0 Å². The first-order chi connectivity index (χ1) is 14.1. The molecule has 0 radical (unpaired) electrons. The summed E-state index contributed by atoms with van der Waals surface area (Å²) in [5.74, 6) is 0.959. The molecule has 1 aliphatic heterocycles. The molecule has 0 spiro atoms. The first kappa shape index (κ1) is 19.8. The van der Waals surface area contributed by atoms with Crippen molar-refractivity contribution in [3.8, 4) is 0 Å². The molecule has 29 heavy (non-hydrogen) atoms. The molecular weight excluding hydrogens is 401 g/mol. The van der Waals surface area contributed by atoms with Crippen LogP contribution in [0.1, 0.15) is 11.1 Å². The lowest BCUT2D eigenvalue weighted by Crippen LogP contribution is -2.49. The van der Waals surface area contributed by atoms with Gasteiger partial charge < -0.3 is 9.80 Å². The number of halogens is 2. The number of aliphatic imine (C=N–C) groups is 1. The van der Waals surface area contributed by atoms with Crippen molar-refractivity contribution >= 4 is 40.4 Å². The summed E-state index contributed by atoms with van der Waals surface area (Å²) >= 11 is 12.7. The van der Waals surface area contributed by atoms with Crippen molar-refractivity contribution in [1.82, 2.24) is 4.90 Å². The summed E-state index contributed by atoms with van der Waals surface area (Å²) in [5, 5.41) is 1.48. The molecule has 0 N–H and O–H groups in total. The molecule has 148 valence electrons. The molecule has 0 bridgehead atoms. The molecular formula is C24H23Cl2N3. The van der Waals surface area contributed by atoms with Crippen LogP contribution in [0.25, 0.3) is 0 Å². The summed E-state index contributed by atoms with van der Waals surface area (Å²) in [4.78, 5) is 9.66. The Morgan fingerprint density at radius 2 is 1.48 bits per heavy atom. The Morgan fingerprint density at radius 1 is 0.793 bits per heavy atom. The second kappa shape index (κ2) is 8.89. The van der Waals surface area contributed by atoms with Crippen LogP contribution in [-0.2, 0) is 0 Å². The van der Waals surface area contributed by atoms with Crippen LogP contribution in [0, 0.1) is 6.92 Å². The van der Waals surface area contributed by atoms with Gasteiger partial charge in [-0.1, -0.05) is 71.7 Å². The average Bonchev–Trinajstić information content (AvgIpc) is 2.76. The molecule has 0 aliphatic carbocycles. The summed E-state index contributed by atoms with van der Waals surface area (Å²) in [7, 11) is 0. The number of hydrogen-bond acceptors (Lipinski definition) is 2. The second-order valence-electron chi connectivity index (χ2n) is 7.16. The number of aryl methyl sites for hydroxylation is 1. The van der Waals surface area contributed by atoms with Gasteiger partial charge in [0.2, 0.25) is 0 Å². The van der Waals surface area contributed by atoms with Crippen LogP contribution in [0.2, 0.25) is 10.0 Å². The van der Waals surface area contributed by atoms with Crippen molar-refractivity contribution in [3.05, 3.63) is 94.0 Å². The number of para-hydroxylation sites is 1. The highest BCUT2D eigenvalue weighted by molar-refractivity contribution is 6.33. The van der Waals surface area contributed by atoms with Crippen molar-refractivity contribution < 1.29 is 0 Å². The van der Waals surface area contributed by atoms with E-state index in [1.807, 2.05) is 49.4 Å². The van der Waals surface area contributed by atoms with Gasteiger partial charge in [0.15, 0.2) is 0 Å². The van der Waals surface area contributed by atoms with Gasteiger partial charge in [-0.3, -0.25) is 0 Å². The van der Waals surface area contributed by atoms with E-state index in [1.165, 1.54) is 5.69 Å². The first-order valence-electron chi connectivity index (χ1n) is 9.76. The van der Waals surface area contributed by atoms with Crippen LogP contribution in [0.15, 0.2) is 77.8 Å². The van der Waals surface area contributed by atoms with Crippen molar-refractivity contribution in [2.24, 2.45) is 4.99 Å². The molecule has 3 aromatic carbocycles. The van der Waals surface area contributed by atoms with Crippen molar-refractivity contribution in [2.45, 2.75) is 6.92 Å². The van der Waals surface area contributed by atoms with Gasteiger partial charge in [-0.2, -0.15) is 0 Å². The lowest BCUT2D eigenvalue weighted by Gasteiger charge is -2.38. The number of hydrogen-bond donors (Lipinski definition) is 0. The van der Waals surface area contributed by atoms with Crippen molar-refractivity contribution in [2.75, 3.05) is 31.1 Å². The fourth-order valence-corrected chi connectivity index (χ4v) is 3.87. The SMILES string of the molecule is Cc1ccc(N2CCN(C(=Nc3ccccc3Cl)c3ccccc3)CC2)cc1Cl. The Balaban J connectivity index is 1.58. The Hall–Kier alpha value is -2.49. The molecule has 3 nitrogen and oxygen atoms in total. The minimum atomic E-state index is 0.661. The zero-order valence-corrected chi connectivity index (χ0v) is 17.9. The molecule has 0 aromatic heterocycles. The summed E-state index contributed by atoms with van der Waals surface area (Å²) in [6.07, 6.45) is 0. The number of rotatable bonds is 3. The number of nitrogens with zero attached hydrogens (tertiary/aromatic N) is 3. The predicted molar refractivity (Wildman–Crippen MR) is 124 cm³/mol. The normalized spacial score (nSPS) is 14.9. The molecule has 4 rings (SSSR count). The van der Waals surface area contributed by atoms with E-state index in [4.69, 9.17) is 28.2 Å². The summed E-state index contributed by atoms with van der Waals surface area (Å²) < 4.78 is 0. The molecule has 3 aromatic rings. The van der Waals surface area contributed by atoms with Crippen molar-refractivity contribution in [1.29, 1.82) is 0 Å². The summed E-state index contributed by atoms with van der Waals surface area (Å²) in [5.41, 5.74) is 4.16. The maximum atomic E-state index is 6.38. The van der Waals surface area contributed by atoms with Crippen LogP contribution in [0.3, 0.4) is 0 Å². The predicted octanol–water partition coefficient (Wildman–Crippen LogP) is 6.20. The van der Waals surface area contributed by atoms with Crippen LogP contribution in [0.4, 0.5) is 11.4 Å². The third kappa shape index (κ3) is 4.58. The monoisotopic (exact) mass is 423 g/mol. The van der Waals surface area contributed by atoms with Crippen molar-refractivity contribution in [3.63, 3.8) is 0 Å². The molecule has 1 fully saturated rings. The van der Waals surface area contributed by atoms with Gasteiger partial charge in [-0.25, -0.2) is 4.99 Å². The van der Waals surface area contributed by atoms with E-state index >= 15 is 0 Å². The van der Waals surface area contributed by atoms with Gasteiger partial charge in [0.05, 0.1) is 10.7 Å². The third-order valence-electron chi connectivity index (χ3n) is 5.21. The molecule has 0 amide bonds. The van der Waals surface area contributed by atoms with Gasteiger partial charge in [-0.15, -0.1) is 0 Å². The lowest BCUT2D eigenvalue weighted by atomic mass is 10.1. The summed E-state index contributed by atoms with van der Waals surface area (Å²) in [6, 6.07) is 24.3. The Bertz CT molecular complexity index is 1010. The second-order valence-corrected chi connectivity index (χ2v) is 7.97. The van der Waals surface area contributed by atoms with E-state index in [1.54, 1.807) is 0 Å². The smallest absolute Gasteiger partial charge is 0.136 e. The van der Waals surface area contributed by atoms with Crippen LogP contribution >= 0.6 is 23.2 Å². The van der Waals surface area contributed by atoms with E-state index in [2.05, 4.69) is 40.1 Å². The lowest BCUT2D eigenvalue weighted by molar-refractivity contribution is 0.386. The molecule has 1 heterocycles. The molecule has 5 heteroatoms. The van der Waals surface area contributed by atoms with E-state index in [9.17, 15) is 0 Å². The fourth-order valence-electron chi connectivity index (χ4n) is 3.52. The quantitative estimate of drug-likeness (QED) is 0.368. The molecule has 0 saturated carbocycles. The largest absolute Gasteiger partial charge is 0.368 e. The number of anilines is 1. The van der Waals surface area contributed by atoms with Gasteiger partial charge >= 0.3 is 0 Å². The Morgan fingerprint density at radius 3 is 2.17 bits per heavy atom. The maximum Gasteiger partial charge on any atom is 0.136 e. The Labute approximate surface area is 182 Å². The molecule has 1 saturated heterocycles. The zero-order valence-electron chi connectivity index (χ0n) is 16.4. The van der Waals surface area contributed by atoms with Crippen LogP contribution < -0.4 is 4.90 Å². The van der Waals surface area contributed by atoms with E-state index in [0.717, 1.165) is 53.9 Å². The standard InChI is InChI=1S/C24H23Cl2N3/c1-18-11-12-20(17-22(18)26)28-13-15-29(16-14-28)24(19-7-3-2-4-8-19)27-23-10-6-5-9-21(23)25/h2-12,17H,13-16H2,1H3. The maximum absolute atomic E-state index is 6.38. The summed E-state index contributed by atoms with van der Waals surface area (Å²) in [6.45, 7) is 5.61. The van der Waals surface area contributed by atoms with Crippen LogP contribution in [0.5, 0.6) is 0 Å².